The molecule has 0 fully saturated rings. The molecule has 9 heteroatoms. The molecule has 0 aromatic heterocycles. The number of carbonyl (C=O) groups is 2. The van der Waals surface area contributed by atoms with Crippen molar-refractivity contribution in [3.8, 4) is 6.07 Å². The van der Waals surface area contributed by atoms with E-state index in [1.54, 1.807) is 42.5 Å². The van der Waals surface area contributed by atoms with Gasteiger partial charge in [0.05, 0.1) is 22.2 Å². The summed E-state index contributed by atoms with van der Waals surface area (Å²) in [6.07, 6.45) is 0. The van der Waals surface area contributed by atoms with E-state index in [9.17, 15) is 18.0 Å². The Morgan fingerprint density at radius 1 is 0.912 bits per heavy atom. The molecular formula is C25H23N3O5S. The first kappa shape index (κ1) is 24.5. The summed E-state index contributed by atoms with van der Waals surface area (Å²) in [4.78, 5) is 26.3. The normalized spacial score (nSPS) is 10.7. The van der Waals surface area contributed by atoms with Gasteiger partial charge in [0, 0.05) is 12.7 Å². The Morgan fingerprint density at radius 2 is 1.53 bits per heavy atom. The summed E-state index contributed by atoms with van der Waals surface area (Å²) in [5, 5.41) is 9.02. The number of para-hydroxylation sites is 1. The monoisotopic (exact) mass is 477 g/mol. The van der Waals surface area contributed by atoms with E-state index in [1.807, 2.05) is 13.0 Å². The van der Waals surface area contributed by atoms with Crippen LogP contribution in [0, 0.1) is 18.3 Å². The molecular weight excluding hydrogens is 454 g/mol. The molecule has 0 bridgehead atoms. The molecule has 3 aromatic carbocycles. The Kier molecular flexibility index (Phi) is 7.66. The number of nitriles is 1. The smallest absolute Gasteiger partial charge is 0.338 e. The molecule has 0 unspecified atom stereocenters. The predicted molar refractivity (Wildman–Crippen MR) is 128 cm³/mol. The Hall–Kier alpha value is -4.16. The van der Waals surface area contributed by atoms with Crippen LogP contribution in [0.15, 0.2) is 83.8 Å². The van der Waals surface area contributed by atoms with Crippen LogP contribution in [-0.4, -0.2) is 40.5 Å². The van der Waals surface area contributed by atoms with Crippen molar-refractivity contribution in [2.24, 2.45) is 0 Å². The van der Waals surface area contributed by atoms with Gasteiger partial charge in [-0.3, -0.25) is 14.0 Å². The largest absolute Gasteiger partial charge is 0.452 e. The molecule has 0 spiro atoms. The summed E-state index contributed by atoms with van der Waals surface area (Å²) in [6.45, 7) is 1.14. The molecule has 8 nitrogen and oxygen atoms in total. The Balaban J connectivity index is 1.66. The van der Waals surface area contributed by atoms with Crippen LogP contribution in [0.1, 0.15) is 15.9 Å². The zero-order valence-electron chi connectivity index (χ0n) is 18.7. The molecule has 0 heterocycles. The maximum atomic E-state index is 12.8. The highest BCUT2D eigenvalue weighted by atomic mass is 32.2. The Labute approximate surface area is 198 Å². The van der Waals surface area contributed by atoms with E-state index in [0.717, 1.165) is 9.87 Å². The second kappa shape index (κ2) is 10.6. The topological polar surface area (TPSA) is 108 Å². The van der Waals surface area contributed by atoms with E-state index in [1.165, 1.54) is 48.3 Å². The maximum absolute atomic E-state index is 12.8. The summed E-state index contributed by atoms with van der Waals surface area (Å²) >= 11 is 0. The minimum atomic E-state index is -3.76. The number of rotatable bonds is 8. The molecule has 0 N–H and O–H groups in total. The number of anilines is 2. The lowest BCUT2D eigenvalue weighted by atomic mass is 10.2. The third-order valence-corrected chi connectivity index (χ3v) is 6.87. The number of hydrogen-bond acceptors (Lipinski definition) is 6. The maximum Gasteiger partial charge on any atom is 0.338 e. The minimum absolute atomic E-state index is 0.155. The zero-order chi connectivity index (χ0) is 24.7. The summed E-state index contributed by atoms with van der Waals surface area (Å²) < 4.78 is 31.9. The minimum Gasteiger partial charge on any atom is -0.452 e. The van der Waals surface area contributed by atoms with E-state index in [-0.39, 0.29) is 17.0 Å². The molecule has 0 radical (unpaired) electrons. The molecule has 3 rings (SSSR count). The molecule has 0 aliphatic heterocycles. The molecule has 34 heavy (non-hydrogen) atoms. The van der Waals surface area contributed by atoms with Crippen molar-refractivity contribution in [1.82, 2.24) is 0 Å². The summed E-state index contributed by atoms with van der Waals surface area (Å²) in [7, 11) is -2.34. The number of esters is 1. The second-order valence-electron chi connectivity index (χ2n) is 7.38. The second-order valence-corrected chi connectivity index (χ2v) is 9.35. The number of benzene rings is 3. The number of aryl methyl sites for hydroxylation is 1. The van der Waals surface area contributed by atoms with E-state index >= 15 is 0 Å². The fraction of sp³-hybridized carbons (Fsp3) is 0.160. The Bertz CT molecular complexity index is 1300. The lowest BCUT2D eigenvalue weighted by Crippen LogP contribution is -2.35. The van der Waals surface area contributed by atoms with E-state index in [4.69, 9.17) is 10.00 Å². The lowest BCUT2D eigenvalue weighted by molar-refractivity contribution is -0.121. The van der Waals surface area contributed by atoms with Gasteiger partial charge in [-0.15, -0.1) is 0 Å². The van der Waals surface area contributed by atoms with Crippen LogP contribution in [0.25, 0.3) is 0 Å². The molecule has 0 saturated heterocycles. The molecule has 0 saturated carbocycles. The lowest BCUT2D eigenvalue weighted by Gasteiger charge is -2.20. The highest BCUT2D eigenvalue weighted by molar-refractivity contribution is 7.92. The van der Waals surface area contributed by atoms with Crippen LogP contribution in [-0.2, 0) is 19.6 Å². The van der Waals surface area contributed by atoms with E-state index < -0.39 is 28.5 Å². The molecule has 0 aliphatic carbocycles. The highest BCUT2D eigenvalue weighted by Gasteiger charge is 2.22. The molecule has 174 valence electrons. The van der Waals surface area contributed by atoms with Gasteiger partial charge in [0.25, 0.3) is 15.9 Å². The molecule has 1 amide bonds. The van der Waals surface area contributed by atoms with Crippen LogP contribution in [0.4, 0.5) is 11.4 Å². The van der Waals surface area contributed by atoms with Gasteiger partial charge in [0.1, 0.15) is 6.54 Å². The summed E-state index contributed by atoms with van der Waals surface area (Å²) in [5.41, 5.74) is 1.98. The van der Waals surface area contributed by atoms with Gasteiger partial charge in [0.15, 0.2) is 6.61 Å². The number of nitrogens with zero attached hydrogens (tertiary/aromatic N) is 3. The van der Waals surface area contributed by atoms with Gasteiger partial charge in [-0.2, -0.15) is 5.26 Å². The van der Waals surface area contributed by atoms with Gasteiger partial charge < -0.3 is 4.74 Å². The average Bonchev–Trinajstić information content (AvgIpc) is 2.86. The van der Waals surface area contributed by atoms with E-state index in [2.05, 4.69) is 0 Å². The van der Waals surface area contributed by atoms with Crippen molar-refractivity contribution in [1.29, 1.82) is 5.26 Å². The Morgan fingerprint density at radius 3 is 2.12 bits per heavy atom. The van der Waals surface area contributed by atoms with Crippen LogP contribution >= 0.6 is 0 Å². The van der Waals surface area contributed by atoms with Crippen LogP contribution in [0.5, 0.6) is 0 Å². The number of sulfonamides is 1. The third kappa shape index (κ3) is 5.60. The fourth-order valence-electron chi connectivity index (χ4n) is 3.11. The van der Waals surface area contributed by atoms with Crippen LogP contribution in [0.3, 0.4) is 0 Å². The molecule has 0 aliphatic rings. The van der Waals surface area contributed by atoms with Gasteiger partial charge in [-0.05, 0) is 55.5 Å². The van der Waals surface area contributed by atoms with Crippen molar-refractivity contribution in [3.63, 3.8) is 0 Å². The van der Waals surface area contributed by atoms with Gasteiger partial charge in [0.2, 0.25) is 0 Å². The average molecular weight is 478 g/mol. The van der Waals surface area contributed by atoms with Gasteiger partial charge >= 0.3 is 5.97 Å². The number of hydrogen-bond donors (Lipinski definition) is 0. The van der Waals surface area contributed by atoms with Crippen molar-refractivity contribution in [3.05, 3.63) is 90.0 Å². The first-order valence-electron chi connectivity index (χ1n) is 10.3. The zero-order valence-corrected chi connectivity index (χ0v) is 19.5. The predicted octanol–water partition coefficient (Wildman–Crippen LogP) is 3.53. The van der Waals surface area contributed by atoms with Crippen molar-refractivity contribution < 1.29 is 22.7 Å². The number of ether oxygens (including phenoxy) is 1. The van der Waals surface area contributed by atoms with E-state index in [0.29, 0.717) is 11.4 Å². The van der Waals surface area contributed by atoms with Gasteiger partial charge in [-0.25, -0.2) is 13.2 Å². The SMILES string of the molecule is Cc1ccc(S(=O)(=O)N(C)c2ccc(C(=O)OCC(=O)N(CC#N)c3ccccc3)cc2)cc1. The van der Waals surface area contributed by atoms with Gasteiger partial charge in [-0.1, -0.05) is 35.9 Å². The van der Waals surface area contributed by atoms with Crippen molar-refractivity contribution in [2.75, 3.05) is 29.4 Å². The summed E-state index contributed by atoms with van der Waals surface area (Å²) in [6, 6.07) is 22.8. The number of amides is 1. The fourth-order valence-corrected chi connectivity index (χ4v) is 4.30. The summed E-state index contributed by atoms with van der Waals surface area (Å²) in [5.74, 6) is -1.28. The quantitative estimate of drug-likeness (QED) is 0.363. The standard InChI is InChI=1S/C25H23N3O5S/c1-19-8-14-23(15-9-19)34(31,32)27(2)21-12-10-20(11-13-21)25(30)33-18-24(29)28(17-16-26)22-6-4-3-5-7-22/h3-15H,17-18H2,1-2H3. The number of carbonyl (C=O) groups excluding carboxylic acids is 2. The van der Waals surface area contributed by atoms with Crippen LogP contribution in [0.2, 0.25) is 0 Å². The van der Waals surface area contributed by atoms with Crippen LogP contribution < -0.4 is 9.21 Å². The van der Waals surface area contributed by atoms with Crippen molar-refractivity contribution in [2.45, 2.75) is 11.8 Å². The van der Waals surface area contributed by atoms with Crippen molar-refractivity contribution >= 4 is 33.3 Å². The molecule has 0 atom stereocenters. The molecule has 3 aromatic rings. The third-order valence-electron chi connectivity index (χ3n) is 5.07. The highest BCUT2D eigenvalue weighted by Crippen LogP contribution is 2.23. The first-order valence-corrected chi connectivity index (χ1v) is 11.7. The first-order chi connectivity index (χ1) is 16.2.